The fourth-order valence-electron chi connectivity index (χ4n) is 3.92. The molecule has 1 unspecified atom stereocenters. The average molecular weight is 408 g/mol. The number of nitrogens with zero attached hydrogens (tertiary/aromatic N) is 1. The summed E-state index contributed by atoms with van der Waals surface area (Å²) < 4.78 is 0. The summed E-state index contributed by atoms with van der Waals surface area (Å²) in [4.78, 5) is 13.6. The van der Waals surface area contributed by atoms with Crippen molar-refractivity contribution >= 4 is 17.6 Å². The summed E-state index contributed by atoms with van der Waals surface area (Å²) in [5, 5.41) is 28.6. The average Bonchev–Trinajstić information content (AvgIpc) is 2.74. The Balaban J connectivity index is 1.82. The van der Waals surface area contributed by atoms with E-state index in [1.54, 1.807) is 24.3 Å². The molecule has 0 radical (unpaired) electrons. The Bertz CT molecular complexity index is 877. The van der Waals surface area contributed by atoms with Crippen molar-refractivity contribution in [1.29, 1.82) is 10.8 Å². The zero-order chi connectivity index (χ0) is 21.7. The molecule has 3 rings (SSSR count). The lowest BCUT2D eigenvalue weighted by atomic mass is 9.93. The highest BCUT2D eigenvalue weighted by Gasteiger charge is 2.22. The number of hydrogen-bond donors (Lipinski definition) is 5. The minimum Gasteiger partial charge on any atom is -0.478 e. The maximum Gasteiger partial charge on any atom is 0.335 e. The SMILES string of the molecule is CC(=N)N1CCC(CNC(c2cccc(C(=N)N)c2)c2cccc(C(=O)O)c2)CC1. The van der Waals surface area contributed by atoms with Crippen LogP contribution in [0.1, 0.15) is 52.9 Å². The van der Waals surface area contributed by atoms with Crippen molar-refractivity contribution in [3.8, 4) is 0 Å². The number of likely N-dealkylation sites (tertiary alicyclic amines) is 1. The van der Waals surface area contributed by atoms with Crippen LogP contribution in [0.4, 0.5) is 0 Å². The van der Waals surface area contributed by atoms with Gasteiger partial charge in [-0.05, 0) is 61.6 Å². The van der Waals surface area contributed by atoms with Crippen LogP contribution in [-0.2, 0) is 0 Å². The lowest BCUT2D eigenvalue weighted by molar-refractivity contribution is 0.0696. The van der Waals surface area contributed by atoms with Gasteiger partial charge in [0.25, 0.3) is 0 Å². The molecule has 1 heterocycles. The van der Waals surface area contributed by atoms with Gasteiger partial charge in [-0.1, -0.05) is 30.3 Å². The standard InChI is InChI=1S/C23H29N5O2/c1-15(24)28-10-8-16(9-11-28)14-27-21(17-4-2-6-19(12-17)22(25)26)18-5-3-7-20(13-18)23(29)30/h2-7,12-13,16,21,24,27H,8-11,14H2,1H3,(H3,25,26)(H,29,30). The lowest BCUT2D eigenvalue weighted by Gasteiger charge is -2.33. The zero-order valence-corrected chi connectivity index (χ0v) is 17.2. The van der Waals surface area contributed by atoms with Crippen LogP contribution in [0.25, 0.3) is 0 Å². The zero-order valence-electron chi connectivity index (χ0n) is 17.2. The summed E-state index contributed by atoms with van der Waals surface area (Å²) in [6, 6.07) is 14.3. The van der Waals surface area contributed by atoms with E-state index in [9.17, 15) is 9.90 Å². The summed E-state index contributed by atoms with van der Waals surface area (Å²) in [6.07, 6.45) is 2.02. The van der Waals surface area contributed by atoms with E-state index in [2.05, 4.69) is 10.2 Å². The first-order valence-electron chi connectivity index (χ1n) is 10.2. The second kappa shape index (κ2) is 9.54. The predicted molar refractivity (Wildman–Crippen MR) is 118 cm³/mol. The number of carboxylic acid groups (broad SMARTS) is 1. The summed E-state index contributed by atoms with van der Waals surface area (Å²) in [5.41, 5.74) is 8.37. The number of carboxylic acids is 1. The van der Waals surface area contributed by atoms with Crippen molar-refractivity contribution in [1.82, 2.24) is 10.2 Å². The summed E-state index contributed by atoms with van der Waals surface area (Å²) in [6.45, 7) is 4.39. The lowest BCUT2D eigenvalue weighted by Crippen LogP contribution is -2.40. The van der Waals surface area contributed by atoms with Gasteiger partial charge in [0.05, 0.1) is 17.4 Å². The Morgan fingerprint density at radius 3 is 2.23 bits per heavy atom. The molecule has 1 aliphatic heterocycles. The molecule has 2 aromatic rings. The molecule has 158 valence electrons. The molecular weight excluding hydrogens is 378 g/mol. The quantitative estimate of drug-likeness (QED) is 0.356. The number of nitrogen functional groups attached to an aromatic ring is 1. The molecular formula is C23H29N5O2. The number of rotatable bonds is 7. The van der Waals surface area contributed by atoms with Crippen LogP contribution >= 0.6 is 0 Å². The van der Waals surface area contributed by atoms with Crippen molar-refractivity contribution in [3.05, 3.63) is 70.8 Å². The molecule has 1 saturated heterocycles. The number of hydrogen-bond acceptors (Lipinski definition) is 4. The van der Waals surface area contributed by atoms with E-state index in [0.29, 0.717) is 17.3 Å². The maximum absolute atomic E-state index is 11.5. The van der Waals surface area contributed by atoms with Crippen LogP contribution in [0, 0.1) is 16.7 Å². The number of amidine groups is 2. The minimum atomic E-state index is -0.956. The van der Waals surface area contributed by atoms with Crippen LogP contribution < -0.4 is 11.1 Å². The summed E-state index contributed by atoms with van der Waals surface area (Å²) in [5.74, 6) is 0.152. The molecule has 1 atom stereocenters. The summed E-state index contributed by atoms with van der Waals surface area (Å²) in [7, 11) is 0. The Morgan fingerprint density at radius 1 is 1.13 bits per heavy atom. The van der Waals surface area contributed by atoms with Gasteiger partial charge in [-0.15, -0.1) is 0 Å². The van der Waals surface area contributed by atoms with Gasteiger partial charge in [0, 0.05) is 18.7 Å². The van der Waals surface area contributed by atoms with E-state index in [-0.39, 0.29) is 17.4 Å². The molecule has 0 bridgehead atoms. The predicted octanol–water partition coefficient (Wildman–Crippen LogP) is 3.06. The molecule has 1 aliphatic rings. The fraction of sp³-hybridized carbons (Fsp3) is 0.348. The number of nitrogens with two attached hydrogens (primary N) is 1. The van der Waals surface area contributed by atoms with Crippen LogP contribution in [-0.4, -0.2) is 47.3 Å². The van der Waals surface area contributed by atoms with Gasteiger partial charge >= 0.3 is 5.97 Å². The maximum atomic E-state index is 11.5. The molecule has 30 heavy (non-hydrogen) atoms. The fourth-order valence-corrected chi connectivity index (χ4v) is 3.92. The number of aromatic carboxylic acids is 1. The molecule has 0 aliphatic carbocycles. The Labute approximate surface area is 176 Å². The first kappa shape index (κ1) is 21.5. The molecule has 6 N–H and O–H groups in total. The van der Waals surface area contributed by atoms with Gasteiger partial charge in [0.2, 0.25) is 0 Å². The van der Waals surface area contributed by atoms with Crippen molar-refractivity contribution in [2.75, 3.05) is 19.6 Å². The Kier molecular flexibility index (Phi) is 6.84. The molecule has 1 fully saturated rings. The smallest absolute Gasteiger partial charge is 0.335 e. The first-order valence-corrected chi connectivity index (χ1v) is 10.2. The van der Waals surface area contributed by atoms with Crippen LogP contribution in [0.5, 0.6) is 0 Å². The van der Waals surface area contributed by atoms with Gasteiger partial charge in [0.1, 0.15) is 5.84 Å². The second-order valence-corrected chi connectivity index (χ2v) is 7.83. The minimum absolute atomic E-state index is 0.00396. The summed E-state index contributed by atoms with van der Waals surface area (Å²) >= 11 is 0. The van der Waals surface area contributed by atoms with Gasteiger partial charge in [0.15, 0.2) is 0 Å². The third kappa shape index (κ3) is 5.24. The van der Waals surface area contributed by atoms with Gasteiger partial charge in [-0.3, -0.25) is 10.8 Å². The highest BCUT2D eigenvalue weighted by Crippen LogP contribution is 2.26. The Morgan fingerprint density at radius 2 is 1.70 bits per heavy atom. The van der Waals surface area contributed by atoms with Crippen LogP contribution in [0.3, 0.4) is 0 Å². The van der Waals surface area contributed by atoms with Crippen molar-refractivity contribution < 1.29 is 9.90 Å². The number of piperidine rings is 1. The van der Waals surface area contributed by atoms with E-state index in [0.717, 1.165) is 43.6 Å². The number of benzene rings is 2. The second-order valence-electron chi connectivity index (χ2n) is 7.83. The molecule has 0 amide bonds. The van der Waals surface area contributed by atoms with E-state index in [1.165, 1.54) is 0 Å². The third-order valence-corrected chi connectivity index (χ3v) is 5.70. The monoisotopic (exact) mass is 407 g/mol. The highest BCUT2D eigenvalue weighted by atomic mass is 16.4. The van der Waals surface area contributed by atoms with Crippen LogP contribution in [0.2, 0.25) is 0 Å². The molecule has 7 heteroatoms. The van der Waals surface area contributed by atoms with Gasteiger partial charge < -0.3 is 21.1 Å². The Hall–Kier alpha value is -3.19. The van der Waals surface area contributed by atoms with E-state index in [1.807, 2.05) is 31.2 Å². The number of nitrogens with one attached hydrogen (secondary N) is 3. The van der Waals surface area contributed by atoms with Crippen molar-refractivity contribution in [2.45, 2.75) is 25.8 Å². The first-order chi connectivity index (χ1) is 14.3. The van der Waals surface area contributed by atoms with Gasteiger partial charge in [-0.2, -0.15) is 0 Å². The van der Waals surface area contributed by atoms with E-state index < -0.39 is 5.97 Å². The normalized spacial score (nSPS) is 15.6. The molecule has 0 spiro atoms. The van der Waals surface area contributed by atoms with Crippen molar-refractivity contribution in [2.24, 2.45) is 11.7 Å². The van der Waals surface area contributed by atoms with Crippen LogP contribution in [0.15, 0.2) is 48.5 Å². The largest absolute Gasteiger partial charge is 0.478 e. The van der Waals surface area contributed by atoms with Gasteiger partial charge in [-0.25, -0.2) is 4.79 Å². The molecule has 7 nitrogen and oxygen atoms in total. The van der Waals surface area contributed by atoms with E-state index in [4.69, 9.17) is 16.6 Å². The molecule has 0 aromatic heterocycles. The third-order valence-electron chi connectivity index (χ3n) is 5.70. The molecule has 2 aromatic carbocycles. The number of carbonyl (C=O) groups is 1. The molecule has 0 saturated carbocycles. The topological polar surface area (TPSA) is 126 Å². The van der Waals surface area contributed by atoms with E-state index >= 15 is 0 Å². The van der Waals surface area contributed by atoms with Crippen molar-refractivity contribution in [3.63, 3.8) is 0 Å². The highest BCUT2D eigenvalue weighted by molar-refractivity contribution is 5.95.